The zero-order valence-electron chi connectivity index (χ0n) is 30.5. The molecule has 4 aromatic rings. The number of hydrogen-bond donors (Lipinski definition) is 2. The Morgan fingerprint density at radius 1 is 0.704 bits per heavy atom. The van der Waals surface area contributed by atoms with Gasteiger partial charge in [-0.3, -0.25) is 34.3 Å². The van der Waals surface area contributed by atoms with Gasteiger partial charge in [-0.15, -0.1) is 0 Å². The average Bonchev–Trinajstić information content (AvgIpc) is 3.70. The third-order valence-corrected chi connectivity index (χ3v) is 12.7. The van der Waals surface area contributed by atoms with E-state index in [4.69, 9.17) is 0 Å². The first-order valence-electron chi connectivity index (χ1n) is 19.6. The highest BCUT2D eigenvalue weighted by molar-refractivity contribution is 6.23. The fourth-order valence-corrected chi connectivity index (χ4v) is 9.85. The third-order valence-electron chi connectivity index (χ3n) is 12.7. The third kappa shape index (κ3) is 6.38. The van der Waals surface area contributed by atoms with E-state index in [0.29, 0.717) is 28.7 Å². The molecule has 4 aromatic carbocycles. The van der Waals surface area contributed by atoms with Crippen LogP contribution in [0.1, 0.15) is 111 Å². The molecule has 54 heavy (non-hydrogen) atoms. The minimum Gasteiger partial charge on any atom is -0.508 e. The second-order valence-corrected chi connectivity index (χ2v) is 15.9. The molecule has 3 unspecified atom stereocenters. The van der Waals surface area contributed by atoms with E-state index in [1.54, 1.807) is 0 Å². The van der Waals surface area contributed by atoms with Crippen LogP contribution in [0.4, 0.5) is 5.69 Å². The summed E-state index contributed by atoms with van der Waals surface area (Å²) < 4.78 is 0. The summed E-state index contributed by atoms with van der Waals surface area (Å²) in [6.07, 6.45) is 6.96. The lowest BCUT2D eigenvalue weighted by Gasteiger charge is -2.36. The van der Waals surface area contributed by atoms with E-state index in [1.807, 2.05) is 24.3 Å². The maximum absolute atomic E-state index is 13.3. The molecule has 2 fully saturated rings. The number of aromatic hydroxyl groups is 1. The van der Waals surface area contributed by atoms with Gasteiger partial charge in [-0.05, 0) is 133 Å². The molecule has 9 nitrogen and oxygen atoms in total. The molecule has 0 spiro atoms. The first-order valence-corrected chi connectivity index (χ1v) is 19.6. The zero-order valence-corrected chi connectivity index (χ0v) is 30.5. The minimum absolute atomic E-state index is 0.114. The molecule has 2 saturated heterocycles. The van der Waals surface area contributed by atoms with Crippen LogP contribution in [0.5, 0.6) is 5.75 Å². The van der Waals surface area contributed by atoms with Gasteiger partial charge in [-0.2, -0.15) is 0 Å². The normalized spacial score (nSPS) is 23.0. The van der Waals surface area contributed by atoms with Gasteiger partial charge in [0.1, 0.15) is 11.8 Å². The van der Waals surface area contributed by atoms with Gasteiger partial charge in [0.15, 0.2) is 0 Å². The van der Waals surface area contributed by atoms with E-state index in [2.05, 4.69) is 75.8 Å². The number of piperidine rings is 2. The number of carbonyl (C=O) groups excluding carboxylic acids is 4. The van der Waals surface area contributed by atoms with Crippen molar-refractivity contribution in [2.45, 2.75) is 82.3 Å². The van der Waals surface area contributed by atoms with Gasteiger partial charge in [0.05, 0.1) is 11.1 Å². The summed E-state index contributed by atoms with van der Waals surface area (Å²) >= 11 is 0. The highest BCUT2D eigenvalue weighted by Gasteiger charge is 2.45. The predicted molar refractivity (Wildman–Crippen MR) is 205 cm³/mol. The lowest BCUT2D eigenvalue weighted by molar-refractivity contribution is -0.136. The summed E-state index contributed by atoms with van der Waals surface area (Å²) in [6, 6.07) is 28.8. The number of nitrogens with zero attached hydrogens (tertiary/aromatic N) is 3. The zero-order chi connectivity index (χ0) is 36.9. The van der Waals surface area contributed by atoms with E-state index >= 15 is 0 Å². The molecule has 9 rings (SSSR count). The minimum atomic E-state index is -0.940. The number of imide groups is 2. The summed E-state index contributed by atoms with van der Waals surface area (Å²) in [5.74, 6) is -0.154. The highest BCUT2D eigenvalue weighted by Crippen LogP contribution is 2.47. The van der Waals surface area contributed by atoms with Gasteiger partial charge >= 0.3 is 0 Å². The molecule has 2 N–H and O–H groups in total. The molecule has 1 aliphatic carbocycles. The van der Waals surface area contributed by atoms with E-state index in [1.165, 1.54) is 47.2 Å². The number of amides is 4. The Hall–Kier alpha value is -5.28. The topological polar surface area (TPSA) is 110 Å². The molecule has 3 atom stereocenters. The second-order valence-electron chi connectivity index (χ2n) is 15.9. The van der Waals surface area contributed by atoms with Gasteiger partial charge in [-0.1, -0.05) is 48.5 Å². The molecule has 4 amide bonds. The van der Waals surface area contributed by atoms with Crippen LogP contribution in [-0.4, -0.2) is 64.2 Å². The number of nitrogens with one attached hydrogen (secondary N) is 1. The van der Waals surface area contributed by atoms with Crippen molar-refractivity contribution in [1.29, 1.82) is 0 Å². The van der Waals surface area contributed by atoms with Crippen LogP contribution < -0.4 is 10.2 Å². The van der Waals surface area contributed by atoms with Crippen molar-refractivity contribution in [2.75, 3.05) is 24.5 Å². The Labute approximate surface area is 316 Å². The van der Waals surface area contributed by atoms with Crippen LogP contribution in [0.3, 0.4) is 0 Å². The molecule has 9 heteroatoms. The van der Waals surface area contributed by atoms with E-state index < -0.39 is 23.8 Å². The van der Waals surface area contributed by atoms with Crippen molar-refractivity contribution < 1.29 is 24.3 Å². The molecule has 276 valence electrons. The lowest BCUT2D eigenvalue weighted by atomic mass is 9.69. The van der Waals surface area contributed by atoms with Crippen molar-refractivity contribution in [3.63, 3.8) is 0 Å². The number of carbonyl (C=O) groups is 4. The van der Waals surface area contributed by atoms with Crippen LogP contribution in [0.2, 0.25) is 0 Å². The van der Waals surface area contributed by atoms with Crippen LogP contribution >= 0.6 is 0 Å². The first-order chi connectivity index (χ1) is 26.3. The number of benzene rings is 4. The Balaban J connectivity index is 0.777. The molecule has 0 aromatic heterocycles. The smallest absolute Gasteiger partial charge is 0.262 e. The van der Waals surface area contributed by atoms with Crippen LogP contribution in [-0.2, 0) is 29.1 Å². The van der Waals surface area contributed by atoms with Gasteiger partial charge in [-0.25, -0.2) is 0 Å². The van der Waals surface area contributed by atoms with Gasteiger partial charge in [0.2, 0.25) is 11.8 Å². The summed E-state index contributed by atoms with van der Waals surface area (Å²) in [7, 11) is 0. The molecule has 4 aliphatic heterocycles. The van der Waals surface area contributed by atoms with Crippen molar-refractivity contribution in [3.05, 3.63) is 129 Å². The summed E-state index contributed by atoms with van der Waals surface area (Å²) in [4.78, 5) is 56.6. The number of phenols is 1. The van der Waals surface area contributed by atoms with E-state index in [0.717, 1.165) is 68.0 Å². The lowest BCUT2D eigenvalue weighted by Crippen LogP contribution is -2.54. The standard InChI is InChI=1S/C45H46N4O5/c50-35-13-15-37-31(23-35)10-14-36(29-6-2-1-3-7-29)42(37)30-8-11-34(12-9-30)48-21-18-28(19-22-48)5-4-20-47-26-32-24-38-39(25-33(32)27-47)45(54)49(44(38)53)40-16-17-41(51)46-43(40)52/h1-3,6-9,11-13,15,23-25,28,36,40,42,50H,4-5,10,14,16-22,26-27H2,(H,46,51,52). The molecule has 0 radical (unpaired) electrons. The quantitative estimate of drug-likeness (QED) is 0.196. The van der Waals surface area contributed by atoms with E-state index in [9.17, 15) is 24.3 Å². The Kier molecular flexibility index (Phi) is 9.05. The van der Waals surface area contributed by atoms with Crippen molar-refractivity contribution in [1.82, 2.24) is 15.1 Å². The number of fused-ring (bicyclic) bond motifs is 3. The van der Waals surface area contributed by atoms with E-state index in [-0.39, 0.29) is 24.7 Å². The highest BCUT2D eigenvalue weighted by atomic mass is 16.3. The largest absolute Gasteiger partial charge is 0.508 e. The number of anilines is 1. The fourth-order valence-electron chi connectivity index (χ4n) is 9.85. The number of rotatable bonds is 8. The monoisotopic (exact) mass is 722 g/mol. The first kappa shape index (κ1) is 34.5. The summed E-state index contributed by atoms with van der Waals surface area (Å²) in [5, 5.41) is 12.5. The maximum Gasteiger partial charge on any atom is 0.262 e. The van der Waals surface area contributed by atoms with Crippen LogP contribution in [0.15, 0.2) is 84.9 Å². The maximum atomic E-state index is 13.3. The Morgan fingerprint density at radius 3 is 2.09 bits per heavy atom. The van der Waals surface area contributed by atoms with Gasteiger partial charge in [0.25, 0.3) is 11.8 Å². The fraction of sp³-hybridized carbons (Fsp3) is 0.378. The summed E-state index contributed by atoms with van der Waals surface area (Å²) in [5.41, 5.74) is 9.44. The molecular formula is C45H46N4O5. The van der Waals surface area contributed by atoms with Crippen LogP contribution in [0.25, 0.3) is 0 Å². The number of hydrogen-bond acceptors (Lipinski definition) is 7. The number of phenolic OH excluding ortho intramolecular Hbond substituents is 1. The van der Waals surface area contributed by atoms with Crippen molar-refractivity contribution in [2.24, 2.45) is 5.92 Å². The SMILES string of the molecule is O=C1CCC(N2C(=O)c3cc4c(cc3C2=O)CN(CCCC2CCN(c3ccc(C5c6ccc(O)cc6CCC5c5ccccc5)cc3)CC2)C4)C(=O)N1. The molecular weight excluding hydrogens is 677 g/mol. The predicted octanol–water partition coefficient (Wildman–Crippen LogP) is 6.67. The van der Waals surface area contributed by atoms with Crippen molar-refractivity contribution >= 4 is 29.3 Å². The molecule has 5 aliphatic rings. The Bertz CT molecular complexity index is 2080. The van der Waals surface area contributed by atoms with Crippen molar-refractivity contribution in [3.8, 4) is 5.75 Å². The van der Waals surface area contributed by atoms with Gasteiger partial charge in [0, 0.05) is 44.2 Å². The van der Waals surface area contributed by atoms with Gasteiger partial charge < -0.3 is 10.0 Å². The molecule has 4 heterocycles. The number of aryl methyl sites for hydroxylation is 1. The molecule has 0 bridgehead atoms. The Morgan fingerprint density at radius 2 is 1.41 bits per heavy atom. The summed E-state index contributed by atoms with van der Waals surface area (Å²) in [6.45, 7) is 4.58. The average molecular weight is 723 g/mol. The van der Waals surface area contributed by atoms with Crippen LogP contribution in [0, 0.1) is 5.92 Å². The molecule has 0 saturated carbocycles. The second kappa shape index (κ2) is 14.2.